The van der Waals surface area contributed by atoms with E-state index in [1.54, 1.807) is 13.8 Å². The fourth-order valence-corrected chi connectivity index (χ4v) is 23.4. The van der Waals surface area contributed by atoms with Crippen LogP contribution in [0.5, 0.6) is 0 Å². The van der Waals surface area contributed by atoms with Gasteiger partial charge in [-0.15, -0.1) is 0 Å². The smallest absolute Gasteiger partial charge is 0.333 e. The maximum atomic E-state index is 11.9. The highest BCUT2D eigenvalue weighted by Gasteiger charge is 2.45. The van der Waals surface area contributed by atoms with Gasteiger partial charge in [-0.3, -0.25) is 0 Å². The third-order valence-corrected chi connectivity index (χ3v) is 31.7. The fourth-order valence-electron chi connectivity index (χ4n) is 23.4. The van der Waals surface area contributed by atoms with Gasteiger partial charge in [0.25, 0.3) is 0 Å². The van der Waals surface area contributed by atoms with Crippen LogP contribution in [0.15, 0.2) is 364 Å². The van der Waals surface area contributed by atoms with E-state index in [4.69, 9.17) is 9.47 Å². The predicted molar refractivity (Wildman–Crippen MR) is 603 cm³/mol. The average molecular weight is 1890 g/mol. The van der Waals surface area contributed by atoms with Gasteiger partial charge in [-0.05, 0) is 300 Å². The summed E-state index contributed by atoms with van der Waals surface area (Å²) in [6.45, 7) is 48.3. The zero-order valence-corrected chi connectivity index (χ0v) is 87.3. The topological polar surface area (TPSA) is 72.0 Å². The zero-order chi connectivity index (χ0) is 101. The molecule has 0 bridgehead atoms. The van der Waals surface area contributed by atoms with E-state index in [1.807, 2.05) is 0 Å². The minimum absolute atomic E-state index is 0.0380. The number of anilines is 16. The highest BCUT2D eigenvalue weighted by molar-refractivity contribution is 5.96. The molecule has 0 unspecified atom stereocenters. The van der Waals surface area contributed by atoms with Gasteiger partial charge in [-0.2, -0.15) is 0 Å². The summed E-state index contributed by atoms with van der Waals surface area (Å²) in [7, 11) is 4.40. The number of hydrogen-bond donors (Lipinski definition) is 0. The lowest BCUT2D eigenvalue weighted by Gasteiger charge is -2.43. The lowest BCUT2D eigenvalue weighted by atomic mass is 9.72. The van der Waals surface area contributed by atoms with Gasteiger partial charge in [0.15, 0.2) is 0 Å². The van der Waals surface area contributed by atoms with Crippen molar-refractivity contribution in [2.24, 2.45) is 0 Å². The molecule has 0 saturated carbocycles. The number of rotatable bonds is 17. The van der Waals surface area contributed by atoms with Crippen molar-refractivity contribution in [1.29, 1.82) is 0 Å². The van der Waals surface area contributed by atoms with Crippen molar-refractivity contribution in [3.63, 3.8) is 0 Å². The average Bonchev–Trinajstić information content (AvgIpc) is 0.731. The van der Waals surface area contributed by atoms with Crippen molar-refractivity contribution in [1.82, 2.24) is 0 Å². The predicted octanol–water partition coefficient (Wildman–Crippen LogP) is 34.6. The van der Waals surface area contributed by atoms with Crippen LogP contribution in [0.25, 0.3) is 33.4 Å². The highest BCUT2D eigenvalue weighted by atomic mass is 16.5. The first-order chi connectivity index (χ1) is 68.9. The zero-order valence-electron chi connectivity index (χ0n) is 87.3. The van der Waals surface area contributed by atoms with Crippen LogP contribution in [0, 0.1) is 27.7 Å². The molecule has 10 nitrogen and oxygen atoms in total. The lowest BCUT2D eigenvalue weighted by Crippen LogP contribution is -2.31. The molecule has 16 aromatic carbocycles. The van der Waals surface area contributed by atoms with Crippen LogP contribution in [-0.2, 0) is 64.4 Å². The molecule has 0 spiro atoms. The number of carbonyl (C=O) groups is 2. The van der Waals surface area contributed by atoms with Crippen LogP contribution in [0.3, 0.4) is 0 Å². The van der Waals surface area contributed by atoms with Gasteiger partial charge in [0, 0.05) is 103 Å². The van der Waals surface area contributed by atoms with Gasteiger partial charge in [0.1, 0.15) is 0 Å². The summed E-state index contributed by atoms with van der Waals surface area (Å²) in [5.74, 6) is -0.682. The van der Waals surface area contributed by atoms with E-state index in [9.17, 15) is 9.59 Å². The van der Waals surface area contributed by atoms with Crippen molar-refractivity contribution in [2.75, 3.05) is 56.7 Å². The number of carbonyl (C=O) groups excluding carboxylic acids is 2. The summed E-state index contributed by atoms with van der Waals surface area (Å²) in [6, 6.07) is 126. The molecular weight excluding hydrogens is 1760 g/mol. The number of fused-ring (bicyclic) bond motifs is 12. The second-order valence-corrected chi connectivity index (χ2v) is 43.8. The highest BCUT2D eigenvalue weighted by Crippen LogP contribution is 2.61. The van der Waals surface area contributed by atoms with Gasteiger partial charge in [-0.25, -0.2) is 9.59 Å². The molecule has 6 heterocycles. The Morgan fingerprint density at radius 1 is 0.236 bits per heavy atom. The number of aryl methyl sites for hydroxylation is 6. The van der Waals surface area contributed by atoms with Crippen LogP contribution in [0.2, 0.25) is 0 Å². The van der Waals surface area contributed by atoms with E-state index in [0.717, 1.165) is 48.2 Å². The number of ether oxygens (including phenoxy) is 2. The van der Waals surface area contributed by atoms with E-state index in [-0.39, 0.29) is 44.4 Å². The molecule has 0 aliphatic carbocycles. The Balaban J connectivity index is 0.000000138. The summed E-state index contributed by atoms with van der Waals surface area (Å²) < 4.78 is 10.7. The first-order valence-electron chi connectivity index (χ1n) is 51.0. The summed E-state index contributed by atoms with van der Waals surface area (Å²) in [4.78, 5) is 38.3. The minimum atomic E-state index is -0.341. The molecule has 22 rings (SSSR count). The molecule has 16 aromatic rings. The van der Waals surface area contributed by atoms with Gasteiger partial charge in [-0.1, -0.05) is 337 Å². The summed E-state index contributed by atoms with van der Waals surface area (Å²) in [5.41, 5.74) is 50.3. The summed E-state index contributed by atoms with van der Waals surface area (Å²) >= 11 is 0. The largest absolute Gasteiger partial charge is 0.462 e. The molecule has 0 saturated heterocycles. The number of nitrogens with zero attached hydrogens (tertiary/aromatic N) is 6. The van der Waals surface area contributed by atoms with Crippen LogP contribution in [0.4, 0.5) is 91.0 Å². The van der Waals surface area contributed by atoms with Crippen molar-refractivity contribution in [3.05, 3.63) is 464 Å². The molecule has 6 aliphatic heterocycles. The molecule has 722 valence electrons. The standard InChI is InChI=1S/C58H60N2O4.C42H36N2.C34H36N2/c1-37(2)55(61)63-31-11-13-41-17-23-45(24-18-41)59-51-29-15-39(5)33-49(51)57(7,8)47-27-21-43(35-53(47)59)44-22-28-48-54(36-44)60(52-30-16-40(6)34-50(52)58(48,9)10)46-25-19-42(20-26-46)14-12-32-64-56(62)38(3)4;1-41(2)33-19-11-13-21-37(33)43(31-15-7-5-8-16-31)39-27-29(23-25-35(39)41)30-24-26-36-40(28-30)44(32-17-9-6-10-18-32)38-22-14-12-20-34(38)42(36,3)4;1-21-9-15-29-27(17-21)33(3,4)25-13-11-23(19-31(25)35(29)7)24-12-14-26-32(20-24)36(8)30-16-10-22(2)18-28(30)34(26,5)6/h15-30,33-36H,1,3,11-14,31-32H2,2,4-10H3;5-28H,1-4H3;9-20H,1-8H3. The van der Waals surface area contributed by atoms with E-state index in [0.29, 0.717) is 24.4 Å². The van der Waals surface area contributed by atoms with Crippen LogP contribution >= 0.6 is 0 Å². The Labute approximate surface area is 853 Å². The van der Waals surface area contributed by atoms with E-state index in [1.165, 1.54) is 202 Å². The minimum Gasteiger partial charge on any atom is -0.462 e. The SMILES string of the molecule is C=C(C)C(=O)OCCCc1ccc(N2c3cc(-c4ccc5c(c4)N(c4ccc(CCCOC(=O)C(=C)C)cc4)c4ccc(C)cc4C5(C)C)ccc3C(C)(C)c3cc(C)ccc32)cc1.CC1(C)c2ccccc2N(c2ccccc2)c2cc(-c3ccc4c(c3)N(c3ccccc3)c3ccccc3C4(C)C)ccc21.Cc1ccc2c(c1)C(C)(C)c1ccc(-c3ccc4c(c3)N(C)c3ccc(C)cc3C4(C)C)cc1N2C. The Bertz CT molecular complexity index is 7330. The van der Waals surface area contributed by atoms with E-state index in [2.05, 4.69) is 507 Å². The molecule has 0 fully saturated rings. The number of hydrogen-bond acceptors (Lipinski definition) is 10. The maximum absolute atomic E-state index is 11.9. The Kier molecular flexibility index (Phi) is 24.9. The summed E-state index contributed by atoms with van der Waals surface area (Å²) in [6.07, 6.45) is 3.10. The van der Waals surface area contributed by atoms with E-state index < -0.39 is 0 Å². The Morgan fingerprint density at radius 3 is 0.743 bits per heavy atom. The lowest BCUT2D eigenvalue weighted by molar-refractivity contribution is -0.139. The Morgan fingerprint density at radius 2 is 0.458 bits per heavy atom. The van der Waals surface area contributed by atoms with Crippen LogP contribution in [-0.4, -0.2) is 39.2 Å². The maximum Gasteiger partial charge on any atom is 0.333 e. The van der Waals surface area contributed by atoms with Crippen molar-refractivity contribution < 1.29 is 19.1 Å². The number of benzene rings is 16. The van der Waals surface area contributed by atoms with Gasteiger partial charge >= 0.3 is 11.9 Å². The van der Waals surface area contributed by atoms with Crippen molar-refractivity contribution in [3.8, 4) is 33.4 Å². The molecule has 0 amide bonds. The molecule has 0 N–H and O–H groups in total. The Hall–Kier alpha value is -15.3. The number of para-hydroxylation sites is 4. The normalized spacial score (nSPS) is 15.2. The van der Waals surface area contributed by atoms with Gasteiger partial charge < -0.3 is 38.9 Å². The van der Waals surface area contributed by atoms with Gasteiger partial charge in [0.05, 0.1) is 58.7 Å². The third-order valence-electron chi connectivity index (χ3n) is 31.7. The fraction of sp³-hybridized carbons (Fsp3) is 0.239. The van der Waals surface area contributed by atoms with Crippen LogP contribution < -0.4 is 29.4 Å². The molecule has 0 atom stereocenters. The molecule has 6 aliphatic rings. The quantitative estimate of drug-likeness (QED) is 0.0500. The molecule has 0 radical (unpaired) electrons. The summed E-state index contributed by atoms with van der Waals surface area (Å²) in [5, 5.41) is 0. The molecular formula is C134H132N6O4. The van der Waals surface area contributed by atoms with Gasteiger partial charge in [0.2, 0.25) is 0 Å². The molecule has 10 heteroatoms. The first kappa shape index (κ1) is 96.2. The van der Waals surface area contributed by atoms with Crippen molar-refractivity contribution >= 4 is 103 Å². The second kappa shape index (κ2) is 37.2. The molecule has 144 heavy (non-hydrogen) atoms. The first-order valence-corrected chi connectivity index (χ1v) is 51.0. The monoisotopic (exact) mass is 1890 g/mol. The number of esters is 2. The van der Waals surface area contributed by atoms with E-state index >= 15 is 0 Å². The third kappa shape index (κ3) is 17.1. The van der Waals surface area contributed by atoms with Crippen LogP contribution in [0.1, 0.15) is 210 Å². The second-order valence-electron chi connectivity index (χ2n) is 43.8. The van der Waals surface area contributed by atoms with Crippen molar-refractivity contribution in [2.45, 2.75) is 183 Å². The molecule has 0 aromatic heterocycles.